The van der Waals surface area contributed by atoms with E-state index in [1.54, 1.807) is 41.7 Å². The molecule has 1 fully saturated rings. The third-order valence-corrected chi connectivity index (χ3v) is 8.25. The molecular weight excluding hydrogens is 432 g/mol. The number of thiazole rings is 1. The zero-order valence-corrected chi connectivity index (χ0v) is 19.1. The number of piperazine rings is 1. The summed E-state index contributed by atoms with van der Waals surface area (Å²) < 4.78 is 25.7. The van der Waals surface area contributed by atoms with Crippen LogP contribution in [-0.2, 0) is 14.6 Å². The number of benzene rings is 2. The second-order valence-electron chi connectivity index (χ2n) is 7.75. The van der Waals surface area contributed by atoms with Crippen LogP contribution in [0, 0.1) is 0 Å². The Morgan fingerprint density at radius 2 is 1.84 bits per heavy atom. The number of likely N-dealkylation sites (N-methyl/N-ethyl adjacent to an activating group) is 1. The molecule has 2 heterocycles. The van der Waals surface area contributed by atoms with E-state index in [2.05, 4.69) is 22.2 Å². The Bertz CT molecular complexity index is 1150. The van der Waals surface area contributed by atoms with Gasteiger partial charge < -0.3 is 15.1 Å². The van der Waals surface area contributed by atoms with Crippen LogP contribution in [0.1, 0.15) is 12.8 Å². The Hall–Kier alpha value is -2.49. The zero-order valence-electron chi connectivity index (χ0n) is 17.5. The van der Waals surface area contributed by atoms with Crippen LogP contribution in [0.25, 0.3) is 10.2 Å². The second-order valence-corrected chi connectivity index (χ2v) is 10.9. The van der Waals surface area contributed by atoms with Gasteiger partial charge in [-0.25, -0.2) is 13.4 Å². The zero-order chi connectivity index (χ0) is 21.8. The van der Waals surface area contributed by atoms with Crippen molar-refractivity contribution in [2.24, 2.45) is 0 Å². The molecule has 0 unspecified atom stereocenters. The fourth-order valence-corrected chi connectivity index (χ4v) is 5.90. The molecule has 2 aromatic carbocycles. The Balaban J connectivity index is 1.33. The number of amides is 1. The van der Waals surface area contributed by atoms with Crippen LogP contribution < -0.4 is 10.2 Å². The number of nitrogens with zero attached hydrogens (tertiary/aromatic N) is 3. The molecule has 0 aliphatic carbocycles. The van der Waals surface area contributed by atoms with Crippen LogP contribution >= 0.6 is 11.3 Å². The average Bonchev–Trinajstić information content (AvgIpc) is 3.18. The number of sulfone groups is 1. The molecule has 0 bridgehead atoms. The Morgan fingerprint density at radius 3 is 2.58 bits per heavy atom. The summed E-state index contributed by atoms with van der Waals surface area (Å²) in [5.41, 5.74) is 1.63. The van der Waals surface area contributed by atoms with Crippen molar-refractivity contribution in [2.75, 3.05) is 49.2 Å². The van der Waals surface area contributed by atoms with Gasteiger partial charge in [-0.05, 0) is 43.8 Å². The molecular formula is C22H26N4O3S2. The molecule has 1 aliphatic rings. The first-order valence-electron chi connectivity index (χ1n) is 10.3. The van der Waals surface area contributed by atoms with Gasteiger partial charge in [-0.2, -0.15) is 0 Å². The molecule has 7 nitrogen and oxygen atoms in total. The molecule has 0 radical (unpaired) electrons. The van der Waals surface area contributed by atoms with E-state index in [0.29, 0.717) is 10.6 Å². The van der Waals surface area contributed by atoms with E-state index in [4.69, 9.17) is 4.98 Å². The number of hydrogen-bond acceptors (Lipinski definition) is 7. The molecule has 3 aromatic rings. The van der Waals surface area contributed by atoms with E-state index >= 15 is 0 Å². The maximum atomic E-state index is 12.3. The van der Waals surface area contributed by atoms with Crippen molar-refractivity contribution >= 4 is 48.1 Å². The van der Waals surface area contributed by atoms with Gasteiger partial charge in [-0.3, -0.25) is 4.79 Å². The maximum absolute atomic E-state index is 12.3. The summed E-state index contributed by atoms with van der Waals surface area (Å²) in [6.07, 6.45) is 0.429. The van der Waals surface area contributed by atoms with Gasteiger partial charge in [0.25, 0.3) is 0 Å². The van der Waals surface area contributed by atoms with Crippen molar-refractivity contribution in [2.45, 2.75) is 17.7 Å². The number of aromatic nitrogens is 1. The molecule has 31 heavy (non-hydrogen) atoms. The highest BCUT2D eigenvalue weighted by molar-refractivity contribution is 7.91. The summed E-state index contributed by atoms with van der Waals surface area (Å²) in [5, 5.41) is 3.89. The van der Waals surface area contributed by atoms with Crippen molar-refractivity contribution in [1.82, 2.24) is 9.88 Å². The fraction of sp³-hybridized carbons (Fsp3) is 0.364. The van der Waals surface area contributed by atoms with Gasteiger partial charge in [0.15, 0.2) is 15.0 Å². The van der Waals surface area contributed by atoms with Crippen LogP contribution in [0.2, 0.25) is 0 Å². The normalized spacial score (nSPS) is 15.3. The lowest BCUT2D eigenvalue weighted by Crippen LogP contribution is -2.44. The van der Waals surface area contributed by atoms with E-state index in [1.807, 2.05) is 18.2 Å². The van der Waals surface area contributed by atoms with Crippen molar-refractivity contribution in [3.63, 3.8) is 0 Å². The summed E-state index contributed by atoms with van der Waals surface area (Å²) in [6, 6.07) is 14.0. The molecule has 0 spiro atoms. The monoisotopic (exact) mass is 458 g/mol. The van der Waals surface area contributed by atoms with E-state index in [0.717, 1.165) is 41.5 Å². The van der Waals surface area contributed by atoms with E-state index < -0.39 is 9.84 Å². The smallest absolute Gasteiger partial charge is 0.224 e. The second kappa shape index (κ2) is 9.33. The minimum absolute atomic E-state index is 0.0489. The van der Waals surface area contributed by atoms with Gasteiger partial charge in [-0.1, -0.05) is 29.5 Å². The summed E-state index contributed by atoms with van der Waals surface area (Å²) >= 11 is 1.63. The lowest BCUT2D eigenvalue weighted by atomic mass is 10.2. The number of carbonyl (C=O) groups excluding carboxylic acids is 1. The van der Waals surface area contributed by atoms with Gasteiger partial charge >= 0.3 is 0 Å². The highest BCUT2D eigenvalue weighted by Gasteiger charge is 2.18. The largest absolute Gasteiger partial charge is 0.345 e. The molecule has 1 aromatic heterocycles. The number of carbonyl (C=O) groups is 1. The third-order valence-electron chi connectivity index (χ3n) is 5.35. The lowest BCUT2D eigenvalue weighted by Gasteiger charge is -2.31. The topological polar surface area (TPSA) is 82.6 Å². The molecule has 1 saturated heterocycles. The van der Waals surface area contributed by atoms with Gasteiger partial charge in [0.05, 0.1) is 20.9 Å². The fourth-order valence-electron chi connectivity index (χ4n) is 3.52. The van der Waals surface area contributed by atoms with Gasteiger partial charge in [0.2, 0.25) is 5.91 Å². The minimum atomic E-state index is -3.36. The van der Waals surface area contributed by atoms with Gasteiger partial charge in [0, 0.05) is 38.3 Å². The molecule has 0 atom stereocenters. The SMILES string of the molecule is CN1CCN(c2nc3ccc(NC(=O)CCCS(=O)(=O)c4ccccc4)cc3s2)CC1. The van der Waals surface area contributed by atoms with Crippen molar-refractivity contribution in [3.05, 3.63) is 48.5 Å². The summed E-state index contributed by atoms with van der Waals surface area (Å²) in [6.45, 7) is 3.98. The molecule has 0 saturated carbocycles. The van der Waals surface area contributed by atoms with E-state index in [-0.39, 0.29) is 24.5 Å². The van der Waals surface area contributed by atoms with Gasteiger partial charge in [0.1, 0.15) is 0 Å². The number of fused-ring (bicyclic) bond motifs is 1. The third kappa shape index (κ3) is 5.41. The van der Waals surface area contributed by atoms with E-state index in [9.17, 15) is 13.2 Å². The summed E-state index contributed by atoms with van der Waals surface area (Å²) in [7, 11) is -1.24. The van der Waals surface area contributed by atoms with Gasteiger partial charge in [-0.15, -0.1) is 0 Å². The number of anilines is 2. The molecule has 4 rings (SSSR count). The van der Waals surface area contributed by atoms with E-state index in [1.165, 1.54) is 0 Å². The Kier molecular flexibility index (Phi) is 6.54. The average molecular weight is 459 g/mol. The van der Waals surface area contributed by atoms with Crippen LogP contribution in [0.5, 0.6) is 0 Å². The molecule has 1 aliphatic heterocycles. The minimum Gasteiger partial charge on any atom is -0.345 e. The first-order valence-corrected chi connectivity index (χ1v) is 12.8. The predicted octanol–water partition coefficient (Wildman–Crippen LogP) is 3.24. The highest BCUT2D eigenvalue weighted by atomic mass is 32.2. The van der Waals surface area contributed by atoms with Crippen LogP contribution in [0.4, 0.5) is 10.8 Å². The van der Waals surface area contributed by atoms with Crippen molar-refractivity contribution in [3.8, 4) is 0 Å². The van der Waals surface area contributed by atoms with Crippen LogP contribution in [0.3, 0.4) is 0 Å². The number of rotatable bonds is 7. The standard InChI is InChI=1S/C22H26N4O3S2/c1-25-11-13-26(14-12-25)22-24-19-10-9-17(16-20(19)30-22)23-21(27)8-5-15-31(28,29)18-6-3-2-4-7-18/h2-4,6-7,9-10,16H,5,8,11-15H2,1H3,(H,23,27). The summed E-state index contributed by atoms with van der Waals surface area (Å²) in [5.74, 6) is -0.237. The van der Waals surface area contributed by atoms with Crippen molar-refractivity contribution in [1.29, 1.82) is 0 Å². The lowest BCUT2D eigenvalue weighted by molar-refractivity contribution is -0.116. The predicted molar refractivity (Wildman–Crippen MR) is 126 cm³/mol. The Labute approximate surface area is 186 Å². The number of hydrogen-bond donors (Lipinski definition) is 1. The number of nitrogens with one attached hydrogen (secondary N) is 1. The first kappa shape index (κ1) is 21.7. The highest BCUT2D eigenvalue weighted by Crippen LogP contribution is 2.31. The van der Waals surface area contributed by atoms with Crippen LogP contribution in [-0.4, -0.2) is 63.2 Å². The first-order chi connectivity index (χ1) is 14.9. The summed E-state index contributed by atoms with van der Waals surface area (Å²) in [4.78, 5) is 22.0. The van der Waals surface area contributed by atoms with Crippen LogP contribution in [0.15, 0.2) is 53.4 Å². The maximum Gasteiger partial charge on any atom is 0.224 e. The molecule has 1 amide bonds. The quantitative estimate of drug-likeness (QED) is 0.585. The Morgan fingerprint density at radius 1 is 1.10 bits per heavy atom. The van der Waals surface area contributed by atoms with Crippen molar-refractivity contribution < 1.29 is 13.2 Å². The molecule has 1 N–H and O–H groups in total. The molecule has 9 heteroatoms. The molecule has 164 valence electrons.